The third-order valence-electron chi connectivity index (χ3n) is 3.50. The van der Waals surface area contributed by atoms with E-state index in [9.17, 15) is 4.79 Å². The van der Waals surface area contributed by atoms with E-state index in [1.807, 2.05) is 0 Å². The molecule has 0 aromatic carbocycles. The van der Waals surface area contributed by atoms with Crippen molar-refractivity contribution in [1.29, 1.82) is 0 Å². The predicted octanol–water partition coefficient (Wildman–Crippen LogP) is 4.29. The van der Waals surface area contributed by atoms with Crippen molar-refractivity contribution >= 4 is 5.78 Å². The first-order valence-electron chi connectivity index (χ1n) is 6.27. The molecule has 0 radical (unpaired) electrons. The molecule has 0 amide bonds. The smallest absolute Gasteiger partial charge is 0.152 e. The Morgan fingerprint density at radius 1 is 1.38 bits per heavy atom. The van der Waals surface area contributed by atoms with E-state index in [2.05, 4.69) is 33.8 Å². The predicted molar refractivity (Wildman–Crippen MR) is 69.3 cm³/mol. The first-order valence-corrected chi connectivity index (χ1v) is 6.27. The van der Waals surface area contributed by atoms with Crippen molar-refractivity contribution in [2.75, 3.05) is 0 Å². The minimum Gasteiger partial charge on any atom is -0.295 e. The normalized spacial score (nSPS) is 20.9. The van der Waals surface area contributed by atoms with Gasteiger partial charge in [0.1, 0.15) is 0 Å². The van der Waals surface area contributed by atoms with Gasteiger partial charge in [0.2, 0.25) is 0 Å². The van der Waals surface area contributed by atoms with Crippen molar-refractivity contribution < 1.29 is 4.79 Å². The summed E-state index contributed by atoms with van der Waals surface area (Å²) >= 11 is 0. The highest BCUT2D eigenvalue weighted by molar-refractivity contribution is 5.87. The van der Waals surface area contributed by atoms with Gasteiger partial charge in [-0.1, -0.05) is 39.3 Å². The van der Waals surface area contributed by atoms with Gasteiger partial charge in [0.25, 0.3) is 0 Å². The van der Waals surface area contributed by atoms with E-state index in [1.54, 1.807) is 13.0 Å². The van der Waals surface area contributed by atoms with E-state index in [4.69, 9.17) is 0 Å². The zero-order valence-electron chi connectivity index (χ0n) is 11.3. The Morgan fingerprint density at radius 2 is 2.00 bits per heavy atom. The molecule has 1 nitrogen and oxygen atoms in total. The van der Waals surface area contributed by atoms with Crippen LogP contribution in [0, 0.1) is 11.3 Å². The number of hydrogen-bond acceptors (Lipinski definition) is 1. The lowest BCUT2D eigenvalue weighted by Gasteiger charge is -2.35. The van der Waals surface area contributed by atoms with Gasteiger partial charge in [-0.25, -0.2) is 0 Å². The minimum atomic E-state index is 0.136. The Kier molecular flexibility index (Phi) is 4.12. The van der Waals surface area contributed by atoms with Crippen LogP contribution in [0.4, 0.5) is 0 Å². The Balaban J connectivity index is 3.13. The molecule has 0 aromatic rings. The fourth-order valence-corrected chi connectivity index (χ4v) is 2.56. The second-order valence-electron chi connectivity index (χ2n) is 5.78. The Bertz CT molecular complexity index is 329. The van der Waals surface area contributed by atoms with Crippen LogP contribution in [0.5, 0.6) is 0 Å². The summed E-state index contributed by atoms with van der Waals surface area (Å²) in [6.45, 7) is 10.7. The quantitative estimate of drug-likeness (QED) is 0.648. The zero-order chi connectivity index (χ0) is 12.3. The molecule has 0 heterocycles. The minimum absolute atomic E-state index is 0.136. The van der Waals surface area contributed by atoms with Crippen LogP contribution in [0.1, 0.15) is 53.9 Å². The zero-order valence-corrected chi connectivity index (χ0v) is 11.3. The summed E-state index contributed by atoms with van der Waals surface area (Å²) in [6, 6.07) is 0. The van der Waals surface area contributed by atoms with Crippen LogP contribution in [0.15, 0.2) is 23.3 Å². The number of carbonyl (C=O) groups excluding carboxylic acids is 1. The summed E-state index contributed by atoms with van der Waals surface area (Å²) in [4.78, 5) is 11.1. The Morgan fingerprint density at radius 3 is 2.50 bits per heavy atom. The van der Waals surface area contributed by atoms with Gasteiger partial charge in [-0.05, 0) is 49.2 Å². The summed E-state index contributed by atoms with van der Waals surface area (Å²) in [5, 5.41) is 0. The topological polar surface area (TPSA) is 17.1 Å². The molecule has 0 aromatic heterocycles. The molecule has 1 aliphatic carbocycles. The number of allylic oxidation sites excluding steroid dienone is 4. The highest BCUT2D eigenvalue weighted by Crippen LogP contribution is 2.43. The van der Waals surface area contributed by atoms with Crippen molar-refractivity contribution in [3.05, 3.63) is 23.3 Å². The summed E-state index contributed by atoms with van der Waals surface area (Å²) in [7, 11) is 0. The van der Waals surface area contributed by atoms with Crippen LogP contribution < -0.4 is 0 Å². The molecular formula is C15H24O. The molecule has 0 atom stereocenters. The van der Waals surface area contributed by atoms with Gasteiger partial charge in [-0.15, -0.1) is 0 Å². The van der Waals surface area contributed by atoms with Crippen LogP contribution in [-0.4, -0.2) is 5.78 Å². The first kappa shape index (κ1) is 13.2. The van der Waals surface area contributed by atoms with Gasteiger partial charge in [0.15, 0.2) is 5.78 Å². The number of carbonyl (C=O) groups is 1. The van der Waals surface area contributed by atoms with E-state index in [-0.39, 0.29) is 11.2 Å². The van der Waals surface area contributed by atoms with Crippen LogP contribution in [0.2, 0.25) is 0 Å². The van der Waals surface area contributed by atoms with E-state index in [1.165, 1.54) is 30.4 Å². The SMILES string of the molecule is CC(=O)C=CC1=C(C(C)C)CCCC1(C)C. The molecule has 1 aliphatic rings. The molecule has 1 rings (SSSR count). The molecule has 90 valence electrons. The monoisotopic (exact) mass is 220 g/mol. The molecule has 0 saturated carbocycles. The molecule has 0 spiro atoms. The average molecular weight is 220 g/mol. The number of rotatable bonds is 3. The largest absolute Gasteiger partial charge is 0.295 e. The van der Waals surface area contributed by atoms with Crippen molar-refractivity contribution in [3.8, 4) is 0 Å². The van der Waals surface area contributed by atoms with Crippen LogP contribution in [-0.2, 0) is 4.79 Å². The highest BCUT2D eigenvalue weighted by Gasteiger charge is 2.29. The van der Waals surface area contributed by atoms with Crippen LogP contribution in [0.25, 0.3) is 0 Å². The fraction of sp³-hybridized carbons (Fsp3) is 0.667. The van der Waals surface area contributed by atoms with Crippen LogP contribution in [0.3, 0.4) is 0 Å². The third-order valence-corrected chi connectivity index (χ3v) is 3.50. The summed E-state index contributed by atoms with van der Waals surface area (Å²) in [5.41, 5.74) is 3.15. The molecule has 1 heteroatoms. The molecule has 0 saturated heterocycles. The lowest BCUT2D eigenvalue weighted by molar-refractivity contribution is -0.112. The summed E-state index contributed by atoms with van der Waals surface area (Å²) in [5.74, 6) is 0.725. The lowest BCUT2D eigenvalue weighted by Crippen LogP contribution is -2.21. The molecule has 0 aliphatic heterocycles. The van der Waals surface area contributed by atoms with E-state index >= 15 is 0 Å². The van der Waals surface area contributed by atoms with Gasteiger partial charge < -0.3 is 0 Å². The first-order chi connectivity index (χ1) is 7.34. The van der Waals surface area contributed by atoms with Crippen molar-refractivity contribution in [2.45, 2.75) is 53.9 Å². The highest BCUT2D eigenvalue weighted by atomic mass is 16.1. The molecule has 0 bridgehead atoms. The van der Waals surface area contributed by atoms with Crippen LogP contribution >= 0.6 is 0 Å². The third kappa shape index (κ3) is 3.07. The molecule has 0 N–H and O–H groups in total. The molecular weight excluding hydrogens is 196 g/mol. The van der Waals surface area contributed by atoms with Gasteiger partial charge >= 0.3 is 0 Å². The van der Waals surface area contributed by atoms with Gasteiger partial charge in [-0.3, -0.25) is 4.79 Å². The van der Waals surface area contributed by atoms with E-state index in [0.29, 0.717) is 5.92 Å². The molecule has 0 fully saturated rings. The average Bonchev–Trinajstić information content (AvgIpc) is 2.13. The number of ketones is 1. The standard InChI is InChI=1S/C15H24O/c1-11(2)13-7-6-10-15(4,5)14(13)9-8-12(3)16/h8-9,11H,6-7,10H2,1-5H3. The molecule has 0 unspecified atom stereocenters. The van der Waals surface area contributed by atoms with Gasteiger partial charge in [-0.2, -0.15) is 0 Å². The second-order valence-corrected chi connectivity index (χ2v) is 5.78. The maximum Gasteiger partial charge on any atom is 0.152 e. The van der Waals surface area contributed by atoms with Crippen molar-refractivity contribution in [1.82, 2.24) is 0 Å². The molecule has 16 heavy (non-hydrogen) atoms. The second kappa shape index (κ2) is 4.99. The Hall–Kier alpha value is -0.850. The van der Waals surface area contributed by atoms with Crippen molar-refractivity contribution in [2.24, 2.45) is 11.3 Å². The Labute approximate surface area is 99.6 Å². The van der Waals surface area contributed by atoms with Crippen molar-refractivity contribution in [3.63, 3.8) is 0 Å². The summed E-state index contributed by atoms with van der Waals surface area (Å²) in [6.07, 6.45) is 7.46. The van der Waals surface area contributed by atoms with Gasteiger partial charge in [0.05, 0.1) is 0 Å². The van der Waals surface area contributed by atoms with E-state index in [0.717, 1.165) is 0 Å². The fourth-order valence-electron chi connectivity index (χ4n) is 2.56. The summed E-state index contributed by atoms with van der Waals surface area (Å²) < 4.78 is 0. The number of hydrogen-bond donors (Lipinski definition) is 0. The maximum atomic E-state index is 11.1. The lowest BCUT2D eigenvalue weighted by atomic mass is 9.70. The maximum absolute atomic E-state index is 11.1. The van der Waals surface area contributed by atoms with Gasteiger partial charge in [0, 0.05) is 0 Å². The van der Waals surface area contributed by atoms with E-state index < -0.39 is 0 Å².